The summed E-state index contributed by atoms with van der Waals surface area (Å²) in [6, 6.07) is 0.635. The molecule has 0 aromatic heterocycles. The molecule has 4 heteroatoms. The van der Waals surface area contributed by atoms with Gasteiger partial charge in [-0.05, 0) is 39.7 Å². The largest absolute Gasteiger partial charge is 0.389 e. The molecule has 1 aliphatic rings. The van der Waals surface area contributed by atoms with Crippen LogP contribution in [0.3, 0.4) is 0 Å². The monoisotopic (exact) mass is 291 g/mol. The standard InChI is InChI=1S/C12H25NO2.C3H8O.CH4/c1-3-4-8-15-10-12(14)9-13-7-5-6-11(13)2;1-3-4-2;/h11-12,14H,3-10H2,1-2H3;3H2,1-2H3;1H4/t11-,12?;;/m1../s1. The zero-order valence-corrected chi connectivity index (χ0v) is 13.2. The van der Waals surface area contributed by atoms with Crippen molar-refractivity contribution in [3.63, 3.8) is 0 Å². The maximum atomic E-state index is 9.76. The summed E-state index contributed by atoms with van der Waals surface area (Å²) in [5.74, 6) is 0. The average Bonchev–Trinajstić information content (AvgIpc) is 2.81. The van der Waals surface area contributed by atoms with Crippen LogP contribution < -0.4 is 0 Å². The highest BCUT2D eigenvalue weighted by Gasteiger charge is 2.22. The van der Waals surface area contributed by atoms with Crippen LogP contribution in [0, 0.1) is 0 Å². The Kier molecular flexibility index (Phi) is 16.9. The van der Waals surface area contributed by atoms with Crippen LogP contribution in [0.5, 0.6) is 0 Å². The molecule has 0 amide bonds. The second kappa shape index (κ2) is 15.2. The van der Waals surface area contributed by atoms with Crippen LogP contribution in [0.15, 0.2) is 0 Å². The molecule has 1 aliphatic heterocycles. The number of likely N-dealkylation sites (tertiary alicyclic amines) is 1. The van der Waals surface area contributed by atoms with Gasteiger partial charge in [-0.2, -0.15) is 0 Å². The molecule has 1 N–H and O–H groups in total. The number of aliphatic hydroxyl groups excluding tert-OH is 1. The predicted molar refractivity (Wildman–Crippen MR) is 86.3 cm³/mol. The fourth-order valence-corrected chi connectivity index (χ4v) is 2.05. The lowest BCUT2D eigenvalue weighted by Gasteiger charge is -2.23. The number of hydrogen-bond donors (Lipinski definition) is 1. The van der Waals surface area contributed by atoms with Crippen molar-refractivity contribution in [3.05, 3.63) is 0 Å². The van der Waals surface area contributed by atoms with Gasteiger partial charge >= 0.3 is 0 Å². The van der Waals surface area contributed by atoms with E-state index in [1.807, 2.05) is 6.92 Å². The summed E-state index contributed by atoms with van der Waals surface area (Å²) in [5.41, 5.74) is 0. The number of rotatable bonds is 8. The Morgan fingerprint density at radius 1 is 1.35 bits per heavy atom. The van der Waals surface area contributed by atoms with Gasteiger partial charge in [-0.3, -0.25) is 4.90 Å². The summed E-state index contributed by atoms with van der Waals surface area (Å²) in [4.78, 5) is 2.36. The number of ether oxygens (including phenoxy) is 2. The average molecular weight is 291 g/mol. The summed E-state index contributed by atoms with van der Waals surface area (Å²) in [6.07, 6.45) is 4.46. The van der Waals surface area contributed by atoms with Crippen molar-refractivity contribution in [1.82, 2.24) is 4.90 Å². The molecule has 1 fully saturated rings. The zero-order chi connectivity index (χ0) is 14.5. The third kappa shape index (κ3) is 11.6. The topological polar surface area (TPSA) is 41.9 Å². The SMILES string of the molecule is C.CCCCOCC(O)CN1CCC[C@H]1C.CCOC. The molecule has 0 spiro atoms. The quantitative estimate of drug-likeness (QED) is 0.698. The van der Waals surface area contributed by atoms with Gasteiger partial charge < -0.3 is 14.6 Å². The van der Waals surface area contributed by atoms with E-state index in [0.29, 0.717) is 12.6 Å². The van der Waals surface area contributed by atoms with E-state index in [-0.39, 0.29) is 13.5 Å². The second-order valence-corrected chi connectivity index (χ2v) is 5.15. The van der Waals surface area contributed by atoms with Crippen molar-refractivity contribution in [2.75, 3.05) is 40.0 Å². The molecular formula is C16H37NO3. The van der Waals surface area contributed by atoms with E-state index < -0.39 is 0 Å². The Labute approximate surface area is 126 Å². The van der Waals surface area contributed by atoms with Crippen molar-refractivity contribution in [2.45, 2.75) is 66.0 Å². The van der Waals surface area contributed by atoms with Crippen LogP contribution in [0.1, 0.15) is 53.9 Å². The zero-order valence-electron chi connectivity index (χ0n) is 13.2. The fourth-order valence-electron chi connectivity index (χ4n) is 2.05. The normalized spacial score (nSPS) is 19.9. The van der Waals surface area contributed by atoms with Gasteiger partial charge in [-0.15, -0.1) is 0 Å². The summed E-state index contributed by atoms with van der Waals surface area (Å²) < 4.78 is 9.95. The first-order chi connectivity index (χ1) is 9.15. The van der Waals surface area contributed by atoms with Gasteiger partial charge in [0.05, 0.1) is 12.7 Å². The van der Waals surface area contributed by atoms with Crippen LogP contribution >= 0.6 is 0 Å². The van der Waals surface area contributed by atoms with E-state index in [1.165, 1.54) is 12.8 Å². The Morgan fingerprint density at radius 3 is 2.45 bits per heavy atom. The molecule has 1 rings (SSSR count). The van der Waals surface area contributed by atoms with Crippen LogP contribution in [-0.4, -0.2) is 62.2 Å². The van der Waals surface area contributed by atoms with Crippen LogP contribution in [-0.2, 0) is 9.47 Å². The van der Waals surface area contributed by atoms with Gasteiger partial charge in [0.1, 0.15) is 0 Å². The summed E-state index contributed by atoms with van der Waals surface area (Å²) in [6.45, 7) is 10.3. The van der Waals surface area contributed by atoms with Crippen molar-refractivity contribution >= 4 is 0 Å². The van der Waals surface area contributed by atoms with E-state index in [4.69, 9.17) is 4.74 Å². The fraction of sp³-hybridized carbons (Fsp3) is 1.00. The highest BCUT2D eigenvalue weighted by atomic mass is 16.5. The molecule has 1 saturated heterocycles. The Morgan fingerprint density at radius 2 is 2.00 bits per heavy atom. The lowest BCUT2D eigenvalue weighted by Crippen LogP contribution is -2.36. The van der Waals surface area contributed by atoms with Gasteiger partial charge in [-0.1, -0.05) is 20.8 Å². The van der Waals surface area contributed by atoms with Gasteiger partial charge in [0.2, 0.25) is 0 Å². The van der Waals surface area contributed by atoms with Crippen molar-refractivity contribution < 1.29 is 14.6 Å². The first kappa shape index (κ1) is 22.1. The van der Waals surface area contributed by atoms with Crippen LogP contribution in [0.25, 0.3) is 0 Å². The minimum Gasteiger partial charge on any atom is -0.389 e. The summed E-state index contributed by atoms with van der Waals surface area (Å²) in [5, 5.41) is 9.76. The third-order valence-corrected chi connectivity index (χ3v) is 3.38. The number of unbranched alkanes of at least 4 members (excludes halogenated alkanes) is 1. The highest BCUT2D eigenvalue weighted by molar-refractivity contribution is 4.77. The van der Waals surface area contributed by atoms with Gasteiger partial charge in [-0.25, -0.2) is 0 Å². The van der Waals surface area contributed by atoms with Crippen LogP contribution in [0.4, 0.5) is 0 Å². The van der Waals surface area contributed by atoms with Gasteiger partial charge in [0.15, 0.2) is 0 Å². The Balaban J connectivity index is 0. The minimum atomic E-state index is -0.317. The van der Waals surface area contributed by atoms with Gasteiger partial charge in [0.25, 0.3) is 0 Å². The molecule has 0 radical (unpaired) electrons. The summed E-state index contributed by atoms with van der Waals surface area (Å²) >= 11 is 0. The number of nitrogens with zero attached hydrogens (tertiary/aromatic N) is 1. The Bertz CT molecular complexity index is 189. The van der Waals surface area contributed by atoms with Gasteiger partial charge in [0, 0.05) is 32.9 Å². The smallest absolute Gasteiger partial charge is 0.0900 e. The molecule has 0 saturated carbocycles. The number of aliphatic hydroxyl groups is 1. The molecule has 20 heavy (non-hydrogen) atoms. The number of hydrogen-bond acceptors (Lipinski definition) is 4. The molecule has 0 bridgehead atoms. The second-order valence-electron chi connectivity index (χ2n) is 5.15. The molecular weight excluding hydrogens is 254 g/mol. The molecule has 2 atom stereocenters. The molecule has 0 aromatic rings. The van der Waals surface area contributed by atoms with Crippen LogP contribution in [0.2, 0.25) is 0 Å². The lowest BCUT2D eigenvalue weighted by molar-refractivity contribution is 0.0147. The summed E-state index contributed by atoms with van der Waals surface area (Å²) in [7, 11) is 1.68. The van der Waals surface area contributed by atoms with E-state index in [9.17, 15) is 5.11 Å². The maximum Gasteiger partial charge on any atom is 0.0900 e. The Hall–Kier alpha value is -0.160. The number of methoxy groups -OCH3 is 1. The van der Waals surface area contributed by atoms with E-state index in [0.717, 1.165) is 39.1 Å². The van der Waals surface area contributed by atoms with E-state index in [1.54, 1.807) is 7.11 Å². The first-order valence-electron chi connectivity index (χ1n) is 7.64. The molecule has 0 aromatic carbocycles. The lowest BCUT2D eigenvalue weighted by atomic mass is 10.2. The van der Waals surface area contributed by atoms with Crippen molar-refractivity contribution in [1.29, 1.82) is 0 Å². The van der Waals surface area contributed by atoms with E-state index in [2.05, 4.69) is 23.5 Å². The number of β-amino-alcohol motifs (C(OH)–C–C–N with tert-alkyl or cyclic N) is 1. The highest BCUT2D eigenvalue weighted by Crippen LogP contribution is 2.16. The third-order valence-electron chi connectivity index (χ3n) is 3.38. The van der Waals surface area contributed by atoms with E-state index >= 15 is 0 Å². The molecule has 4 nitrogen and oxygen atoms in total. The molecule has 1 unspecified atom stereocenters. The van der Waals surface area contributed by atoms with Crippen molar-refractivity contribution in [3.8, 4) is 0 Å². The molecule has 124 valence electrons. The van der Waals surface area contributed by atoms with Crippen molar-refractivity contribution in [2.24, 2.45) is 0 Å². The molecule has 0 aliphatic carbocycles. The predicted octanol–water partition coefficient (Wildman–Crippen LogP) is 2.94. The maximum absolute atomic E-state index is 9.76. The molecule has 1 heterocycles. The minimum absolute atomic E-state index is 0. The first-order valence-corrected chi connectivity index (χ1v) is 7.64.